The van der Waals surface area contributed by atoms with Gasteiger partial charge in [0.15, 0.2) is 0 Å². The van der Waals surface area contributed by atoms with Crippen LogP contribution >= 0.6 is 0 Å². The molecule has 2 aromatic carbocycles. The summed E-state index contributed by atoms with van der Waals surface area (Å²) < 4.78 is 1.55. The maximum atomic E-state index is 2.70. The van der Waals surface area contributed by atoms with Gasteiger partial charge in [0.1, 0.15) is 0 Å². The third-order valence-electron chi connectivity index (χ3n) is 4.24. The average Bonchev–Trinajstić information content (AvgIpc) is 2.91. The minimum atomic E-state index is 0.611. The Morgan fingerprint density at radius 2 is 1.67 bits per heavy atom. The molecule has 3 rings (SSSR count). The van der Waals surface area contributed by atoms with Gasteiger partial charge >= 0.3 is 134 Å². The molecule has 1 saturated heterocycles. The van der Waals surface area contributed by atoms with Crippen LogP contribution in [0, 0.1) is 0 Å². The van der Waals surface area contributed by atoms with Crippen LogP contribution in [0.15, 0.2) is 60.7 Å². The van der Waals surface area contributed by atoms with Crippen LogP contribution in [0.2, 0.25) is 4.82 Å². The summed E-state index contributed by atoms with van der Waals surface area (Å²) in [7, 11) is 0. The van der Waals surface area contributed by atoms with Gasteiger partial charge in [-0.15, -0.1) is 0 Å². The summed E-state index contributed by atoms with van der Waals surface area (Å²) in [6.07, 6.45) is 2.65. The van der Waals surface area contributed by atoms with Gasteiger partial charge in [-0.2, -0.15) is 0 Å². The predicted octanol–water partition coefficient (Wildman–Crippen LogP) is 3.49. The van der Waals surface area contributed by atoms with E-state index >= 15 is 0 Å². The summed E-state index contributed by atoms with van der Waals surface area (Å²) in [5, 5.41) is 0. The number of likely N-dealkylation sites (tertiary alicyclic amines) is 1. The number of nitrogens with zero attached hydrogens (tertiary/aromatic N) is 1. The SMILES string of the molecule is CC[C@H]1C[C@@H]([Se]c2ccccc2)CN1Cc1ccccc1. The van der Waals surface area contributed by atoms with Crippen LogP contribution in [0.4, 0.5) is 0 Å². The van der Waals surface area contributed by atoms with E-state index in [1.165, 1.54) is 24.9 Å². The van der Waals surface area contributed by atoms with Crippen molar-refractivity contribution in [3.63, 3.8) is 0 Å². The molecule has 2 heteroatoms. The Kier molecular flexibility index (Phi) is 5.13. The number of benzene rings is 2. The third-order valence-corrected chi connectivity index (χ3v) is 6.79. The Morgan fingerprint density at radius 3 is 2.33 bits per heavy atom. The topological polar surface area (TPSA) is 3.24 Å². The number of hydrogen-bond donors (Lipinski definition) is 0. The Hall–Kier alpha value is -1.08. The fourth-order valence-electron chi connectivity index (χ4n) is 3.15. The Morgan fingerprint density at radius 1 is 1.00 bits per heavy atom. The van der Waals surface area contributed by atoms with Crippen molar-refractivity contribution < 1.29 is 0 Å². The van der Waals surface area contributed by atoms with E-state index in [-0.39, 0.29) is 0 Å². The first-order valence-corrected chi connectivity index (χ1v) is 9.69. The van der Waals surface area contributed by atoms with Crippen LogP contribution in [-0.2, 0) is 6.54 Å². The first-order chi connectivity index (χ1) is 10.3. The standard InChI is InChI=1S/C19H23NSe/c1-2-17-13-19(21-18-11-7-4-8-12-18)15-20(17)14-16-9-5-3-6-10-16/h3-12,17,19H,2,13-15H2,1H3/t17-,19+/m0/s1. The van der Waals surface area contributed by atoms with Crippen LogP contribution in [0.5, 0.6) is 0 Å². The molecule has 2 atom stereocenters. The molecule has 1 nitrogen and oxygen atoms in total. The molecule has 0 unspecified atom stereocenters. The van der Waals surface area contributed by atoms with E-state index in [0.717, 1.165) is 17.4 Å². The zero-order valence-electron chi connectivity index (χ0n) is 12.6. The molecule has 0 aromatic heterocycles. The molecular weight excluding hydrogens is 321 g/mol. The van der Waals surface area contributed by atoms with Gasteiger partial charge in [0.25, 0.3) is 0 Å². The van der Waals surface area contributed by atoms with Crippen molar-refractivity contribution in [3.8, 4) is 0 Å². The summed E-state index contributed by atoms with van der Waals surface area (Å²) >= 11 is 0.611. The van der Waals surface area contributed by atoms with Crippen molar-refractivity contribution in [2.75, 3.05) is 6.54 Å². The molecule has 21 heavy (non-hydrogen) atoms. The molecule has 0 spiro atoms. The molecule has 0 saturated carbocycles. The van der Waals surface area contributed by atoms with E-state index in [4.69, 9.17) is 0 Å². The first kappa shape index (κ1) is 14.8. The van der Waals surface area contributed by atoms with Crippen LogP contribution in [0.3, 0.4) is 0 Å². The number of rotatable bonds is 5. The molecule has 1 fully saturated rings. The Bertz CT molecular complexity index is 540. The van der Waals surface area contributed by atoms with Gasteiger partial charge in [0, 0.05) is 0 Å². The molecule has 2 aromatic rings. The first-order valence-electron chi connectivity index (χ1n) is 7.85. The molecule has 0 amide bonds. The zero-order chi connectivity index (χ0) is 14.5. The Labute approximate surface area is 134 Å². The van der Waals surface area contributed by atoms with E-state index in [2.05, 4.69) is 72.5 Å². The van der Waals surface area contributed by atoms with Crippen molar-refractivity contribution in [1.29, 1.82) is 0 Å². The van der Waals surface area contributed by atoms with Crippen molar-refractivity contribution in [2.45, 2.75) is 37.2 Å². The van der Waals surface area contributed by atoms with Gasteiger partial charge in [0.2, 0.25) is 0 Å². The average molecular weight is 344 g/mol. The number of hydrogen-bond acceptors (Lipinski definition) is 1. The molecule has 1 aliphatic rings. The third kappa shape index (κ3) is 3.97. The van der Waals surface area contributed by atoms with Gasteiger partial charge in [-0.05, 0) is 0 Å². The van der Waals surface area contributed by atoms with E-state index in [1.807, 2.05) is 0 Å². The fourth-order valence-corrected chi connectivity index (χ4v) is 5.84. The molecule has 110 valence electrons. The maximum absolute atomic E-state index is 2.70. The summed E-state index contributed by atoms with van der Waals surface area (Å²) in [5.41, 5.74) is 1.45. The van der Waals surface area contributed by atoms with Gasteiger partial charge in [0.05, 0.1) is 0 Å². The predicted molar refractivity (Wildman–Crippen MR) is 91.1 cm³/mol. The fraction of sp³-hybridized carbons (Fsp3) is 0.368. The molecule has 0 N–H and O–H groups in total. The molecule has 0 radical (unpaired) electrons. The quantitative estimate of drug-likeness (QED) is 0.751. The van der Waals surface area contributed by atoms with E-state index in [0.29, 0.717) is 15.0 Å². The van der Waals surface area contributed by atoms with Crippen molar-refractivity contribution >= 4 is 19.4 Å². The van der Waals surface area contributed by atoms with Crippen molar-refractivity contribution in [1.82, 2.24) is 4.90 Å². The van der Waals surface area contributed by atoms with E-state index in [1.54, 1.807) is 4.46 Å². The molecule has 0 bridgehead atoms. The Balaban J connectivity index is 1.63. The summed E-state index contributed by atoms with van der Waals surface area (Å²) in [6, 6.07) is 22.7. The second-order valence-corrected chi connectivity index (χ2v) is 8.65. The molecular formula is C19H23NSe. The van der Waals surface area contributed by atoms with Gasteiger partial charge < -0.3 is 0 Å². The van der Waals surface area contributed by atoms with Crippen molar-refractivity contribution in [3.05, 3.63) is 66.2 Å². The van der Waals surface area contributed by atoms with Gasteiger partial charge in [-0.3, -0.25) is 0 Å². The minimum absolute atomic E-state index is 0.611. The molecule has 1 aliphatic heterocycles. The zero-order valence-corrected chi connectivity index (χ0v) is 14.3. The van der Waals surface area contributed by atoms with E-state index < -0.39 is 0 Å². The van der Waals surface area contributed by atoms with Gasteiger partial charge in [-0.25, -0.2) is 0 Å². The monoisotopic (exact) mass is 345 g/mol. The van der Waals surface area contributed by atoms with Gasteiger partial charge in [-0.1, -0.05) is 0 Å². The summed E-state index contributed by atoms with van der Waals surface area (Å²) in [5.74, 6) is 0. The normalized spacial score (nSPS) is 22.5. The summed E-state index contributed by atoms with van der Waals surface area (Å²) in [4.78, 5) is 3.57. The van der Waals surface area contributed by atoms with E-state index in [9.17, 15) is 0 Å². The van der Waals surface area contributed by atoms with Crippen LogP contribution in [0.25, 0.3) is 0 Å². The molecule has 1 heterocycles. The van der Waals surface area contributed by atoms with Crippen LogP contribution in [0.1, 0.15) is 25.3 Å². The second kappa shape index (κ2) is 7.26. The van der Waals surface area contributed by atoms with Crippen LogP contribution < -0.4 is 4.46 Å². The van der Waals surface area contributed by atoms with Crippen molar-refractivity contribution in [2.24, 2.45) is 0 Å². The summed E-state index contributed by atoms with van der Waals surface area (Å²) in [6.45, 7) is 4.71. The molecule has 0 aliphatic carbocycles. The van der Waals surface area contributed by atoms with Crippen LogP contribution in [-0.4, -0.2) is 32.4 Å². The second-order valence-electron chi connectivity index (χ2n) is 5.77.